The third-order valence-corrected chi connectivity index (χ3v) is 12.8. The SMILES string of the molecule is CN(C)c1cc[c-]c(-n2cc(-c3ccccc3)cn2)c1.Cc1ccn(-c2[c-]cccc2N(C)C)n1.[Ir].[Ir].[Ir].[Ir].[c-]1ccc(N(c2ccccc2)c2ccccc2)cc1-n1cccn1.[c-]1ccc(N2CCCCCC2)cc1-n1cccn1. The maximum Gasteiger partial charge on any atom is 0.0597 e. The van der Waals surface area contributed by atoms with E-state index in [0.29, 0.717) is 0 Å². The first-order valence-corrected chi connectivity index (χ1v) is 26.0. The van der Waals surface area contributed by atoms with Gasteiger partial charge in [-0.2, -0.15) is 75.0 Å². The molecule has 0 spiro atoms. The maximum absolute atomic E-state index is 4.43. The minimum Gasteiger partial charge on any atom is -0.427 e. The summed E-state index contributed by atoms with van der Waals surface area (Å²) in [7, 11) is 8.08. The van der Waals surface area contributed by atoms with Crippen molar-refractivity contribution in [3.63, 3.8) is 0 Å². The van der Waals surface area contributed by atoms with E-state index in [1.807, 2.05) is 170 Å². The van der Waals surface area contributed by atoms with E-state index in [9.17, 15) is 0 Å². The predicted molar refractivity (Wildman–Crippen MR) is 314 cm³/mol. The zero-order valence-electron chi connectivity index (χ0n) is 45.8. The van der Waals surface area contributed by atoms with Crippen LogP contribution in [-0.2, 0) is 80.4 Å². The van der Waals surface area contributed by atoms with E-state index in [4.69, 9.17) is 0 Å². The molecular formula is C65H64Ir4N12-4. The fourth-order valence-electron chi connectivity index (χ4n) is 8.83. The number of para-hydroxylation sites is 3. The van der Waals surface area contributed by atoms with Crippen LogP contribution in [-0.4, -0.2) is 80.4 Å². The number of hydrogen-bond acceptors (Lipinski definition) is 8. The molecule has 0 saturated carbocycles. The minimum atomic E-state index is 0. The molecule has 0 amide bonds. The average molecular weight is 1780 g/mol. The van der Waals surface area contributed by atoms with Crippen LogP contribution in [0.2, 0.25) is 0 Å². The third-order valence-electron chi connectivity index (χ3n) is 12.8. The molecule has 0 unspecified atom stereocenters. The first-order valence-electron chi connectivity index (χ1n) is 26.0. The van der Waals surface area contributed by atoms with E-state index in [0.717, 1.165) is 62.4 Å². The number of rotatable bonds is 11. The molecule has 424 valence electrons. The number of anilines is 6. The van der Waals surface area contributed by atoms with Gasteiger partial charge in [-0.05, 0) is 110 Å². The van der Waals surface area contributed by atoms with Crippen LogP contribution in [0, 0.1) is 31.2 Å². The Morgan fingerprint density at radius 2 is 0.975 bits per heavy atom. The summed E-state index contributed by atoms with van der Waals surface area (Å²) >= 11 is 0. The van der Waals surface area contributed by atoms with Crippen molar-refractivity contribution in [1.29, 1.82) is 0 Å². The number of benzene rings is 7. The average Bonchev–Trinajstić information content (AvgIpc) is 4.38. The Kier molecular flexibility index (Phi) is 26.6. The molecule has 7 aromatic carbocycles. The van der Waals surface area contributed by atoms with E-state index < -0.39 is 0 Å². The first kappa shape index (κ1) is 65.0. The van der Waals surface area contributed by atoms with E-state index in [2.05, 4.69) is 161 Å². The molecule has 0 N–H and O–H groups in total. The molecule has 12 nitrogen and oxygen atoms in total. The van der Waals surface area contributed by atoms with Crippen LogP contribution >= 0.6 is 0 Å². The summed E-state index contributed by atoms with van der Waals surface area (Å²) < 4.78 is 7.39. The number of aryl methyl sites for hydroxylation is 1. The molecule has 0 bridgehead atoms. The van der Waals surface area contributed by atoms with Crippen molar-refractivity contribution in [1.82, 2.24) is 39.1 Å². The van der Waals surface area contributed by atoms with Gasteiger partial charge in [0, 0.05) is 162 Å². The van der Waals surface area contributed by atoms with Crippen molar-refractivity contribution in [2.75, 3.05) is 60.9 Å². The smallest absolute Gasteiger partial charge is 0.0597 e. The zero-order valence-corrected chi connectivity index (χ0v) is 55.4. The van der Waals surface area contributed by atoms with Gasteiger partial charge in [0.2, 0.25) is 0 Å². The standard InChI is InChI=1S/C21H16N3.C17H16N3.C15H18N3.C12H14N3.4Ir/c1-3-9-18(10-4-1)24(19-11-5-2-6-12-19)21-14-7-13-20(17-21)23-16-8-15-22-23;1-19(2)16-9-6-10-17(11-16)20-13-15(12-18-20)14-7-4-3-5-8-14;1-2-4-11-17(10-3-1)14-7-5-8-15(13-14)18-12-6-9-16-18;1-10-8-9-15(13-10)12-7-5-4-6-11(12)14(2)3;;;;/h1-12,14-17H;3-9,11-13H,1-2H3;5-7,9,12-13H,1-4,10-11H2;4-6,8-9H,1-3H3;;;;/q4*-1;;;;. The normalized spacial score (nSPS) is 11.3. The van der Waals surface area contributed by atoms with Gasteiger partial charge in [0.1, 0.15) is 0 Å². The van der Waals surface area contributed by atoms with Crippen LogP contribution < -0.4 is 19.6 Å². The molecule has 11 aromatic rings. The number of aromatic nitrogens is 8. The molecule has 0 aliphatic carbocycles. The molecule has 4 aromatic heterocycles. The molecule has 16 heteroatoms. The Bertz CT molecular complexity index is 3430. The van der Waals surface area contributed by atoms with Crippen molar-refractivity contribution in [3.05, 3.63) is 255 Å². The maximum atomic E-state index is 4.43. The summed E-state index contributed by atoms with van der Waals surface area (Å²) in [6, 6.07) is 74.1. The molecule has 12 rings (SSSR count). The van der Waals surface area contributed by atoms with Crippen LogP contribution in [0.1, 0.15) is 31.4 Å². The van der Waals surface area contributed by atoms with Gasteiger partial charge in [0.05, 0.1) is 11.9 Å². The molecule has 1 aliphatic heterocycles. The van der Waals surface area contributed by atoms with Gasteiger partial charge in [-0.3, -0.25) is 18.7 Å². The van der Waals surface area contributed by atoms with Crippen molar-refractivity contribution >= 4 is 34.1 Å². The predicted octanol–water partition coefficient (Wildman–Crippen LogP) is 13.6. The van der Waals surface area contributed by atoms with Gasteiger partial charge in [-0.15, -0.1) is 42.5 Å². The van der Waals surface area contributed by atoms with Gasteiger partial charge >= 0.3 is 0 Å². The zero-order chi connectivity index (χ0) is 53.2. The molecule has 4 radical (unpaired) electrons. The summed E-state index contributed by atoms with van der Waals surface area (Å²) in [4.78, 5) is 8.83. The van der Waals surface area contributed by atoms with Gasteiger partial charge in [-0.25, -0.2) is 0 Å². The Balaban J connectivity index is 0.000000198. The molecule has 1 aliphatic rings. The third kappa shape index (κ3) is 18.1. The van der Waals surface area contributed by atoms with Crippen molar-refractivity contribution in [2.45, 2.75) is 32.6 Å². The monoisotopic (exact) mass is 1780 g/mol. The van der Waals surface area contributed by atoms with Crippen LogP contribution in [0.5, 0.6) is 0 Å². The molecule has 81 heavy (non-hydrogen) atoms. The van der Waals surface area contributed by atoms with E-state index >= 15 is 0 Å². The number of nitrogens with zero attached hydrogens (tertiary/aromatic N) is 12. The van der Waals surface area contributed by atoms with E-state index in [1.54, 1.807) is 12.4 Å². The second-order valence-electron chi connectivity index (χ2n) is 18.7. The van der Waals surface area contributed by atoms with Crippen LogP contribution in [0.4, 0.5) is 34.1 Å². The van der Waals surface area contributed by atoms with Crippen molar-refractivity contribution in [3.8, 4) is 33.9 Å². The quantitative estimate of drug-likeness (QED) is 0.118. The molecule has 5 heterocycles. The fourth-order valence-corrected chi connectivity index (χ4v) is 8.83. The molecular weight excluding hydrogens is 1720 g/mol. The summed E-state index contributed by atoms with van der Waals surface area (Å²) in [5.74, 6) is 0. The van der Waals surface area contributed by atoms with Crippen molar-refractivity contribution in [2.24, 2.45) is 0 Å². The summed E-state index contributed by atoms with van der Waals surface area (Å²) in [6.07, 6.45) is 18.6. The number of hydrogen-bond donors (Lipinski definition) is 0. The Morgan fingerprint density at radius 3 is 1.52 bits per heavy atom. The Labute approximate surface area is 531 Å². The van der Waals surface area contributed by atoms with E-state index in [-0.39, 0.29) is 80.4 Å². The van der Waals surface area contributed by atoms with Gasteiger partial charge in [-0.1, -0.05) is 96.6 Å². The van der Waals surface area contributed by atoms with E-state index in [1.165, 1.54) is 50.0 Å². The fraction of sp³-hybridized carbons (Fsp3) is 0.169. The van der Waals surface area contributed by atoms with Crippen LogP contribution in [0.3, 0.4) is 0 Å². The Morgan fingerprint density at radius 1 is 0.432 bits per heavy atom. The second-order valence-corrected chi connectivity index (χ2v) is 18.7. The first-order chi connectivity index (χ1) is 37.8. The summed E-state index contributed by atoms with van der Waals surface area (Å²) in [5.41, 5.74) is 14.0. The minimum absolute atomic E-state index is 0. The topological polar surface area (TPSA) is 84.2 Å². The molecule has 1 saturated heterocycles. The summed E-state index contributed by atoms with van der Waals surface area (Å²) in [6.45, 7) is 4.32. The molecule has 1 fully saturated rings. The van der Waals surface area contributed by atoms with Gasteiger partial charge in [0.15, 0.2) is 0 Å². The largest absolute Gasteiger partial charge is 0.427 e. The van der Waals surface area contributed by atoms with Gasteiger partial charge < -0.3 is 19.6 Å². The Hall–Kier alpha value is -6.82. The van der Waals surface area contributed by atoms with Crippen LogP contribution in [0.25, 0.3) is 33.9 Å². The van der Waals surface area contributed by atoms with Crippen molar-refractivity contribution < 1.29 is 80.4 Å². The van der Waals surface area contributed by atoms with Gasteiger partial charge in [0.25, 0.3) is 0 Å². The van der Waals surface area contributed by atoms with Crippen LogP contribution in [0.15, 0.2) is 225 Å². The summed E-state index contributed by atoms with van der Waals surface area (Å²) in [5, 5.41) is 17.4. The second kappa shape index (κ2) is 33.2. The molecule has 0 atom stereocenters.